The van der Waals surface area contributed by atoms with Crippen molar-refractivity contribution in [2.45, 2.75) is 52.4 Å². The number of ether oxygens (including phenoxy) is 1. The normalized spacial score (nSPS) is 9.67. The largest absolute Gasteiger partial charge is 0.381 e. The fourth-order valence-corrected chi connectivity index (χ4v) is 1.39. The van der Waals surface area contributed by atoms with E-state index in [1.165, 1.54) is 44.6 Å². The molecule has 3 nitrogen and oxygen atoms in total. The molecule has 1 aromatic rings. The highest BCUT2D eigenvalue weighted by Crippen LogP contribution is 1.97. The molecule has 18 heavy (non-hydrogen) atoms. The van der Waals surface area contributed by atoms with E-state index in [-0.39, 0.29) is 5.56 Å². The van der Waals surface area contributed by atoms with Crippen LogP contribution in [0.4, 0.5) is 0 Å². The third kappa shape index (κ3) is 13.0. The number of nitrogens with one attached hydrogen (secondary N) is 1. The van der Waals surface area contributed by atoms with Gasteiger partial charge in [-0.1, -0.05) is 45.6 Å². The van der Waals surface area contributed by atoms with Crippen molar-refractivity contribution < 1.29 is 4.74 Å². The van der Waals surface area contributed by atoms with Crippen LogP contribution in [0.25, 0.3) is 0 Å². The highest BCUT2D eigenvalue weighted by Gasteiger charge is 1.88. The van der Waals surface area contributed by atoms with Crippen LogP contribution in [0.5, 0.6) is 0 Å². The average Bonchev–Trinajstić information content (AvgIpc) is 2.39. The highest BCUT2D eigenvalue weighted by atomic mass is 16.5. The first-order valence-corrected chi connectivity index (χ1v) is 7.02. The van der Waals surface area contributed by atoms with Gasteiger partial charge in [-0.2, -0.15) is 0 Å². The van der Waals surface area contributed by atoms with Crippen molar-refractivity contribution in [1.82, 2.24) is 4.98 Å². The van der Waals surface area contributed by atoms with E-state index in [1.807, 2.05) is 0 Å². The first kappa shape index (κ1) is 16.9. The molecule has 0 saturated carbocycles. The number of H-pyrrole nitrogens is 1. The van der Waals surface area contributed by atoms with Gasteiger partial charge in [0, 0.05) is 25.5 Å². The van der Waals surface area contributed by atoms with Gasteiger partial charge < -0.3 is 9.72 Å². The molecule has 0 amide bonds. The molecule has 0 spiro atoms. The predicted octanol–water partition coefficient (Wildman–Crippen LogP) is 3.76. The molecule has 0 atom stereocenters. The molecule has 0 bridgehead atoms. The van der Waals surface area contributed by atoms with Gasteiger partial charge in [0.2, 0.25) is 5.56 Å². The van der Waals surface area contributed by atoms with Crippen molar-refractivity contribution in [2.24, 2.45) is 0 Å². The zero-order chi connectivity index (χ0) is 13.5. The molecule has 0 fully saturated rings. The van der Waals surface area contributed by atoms with Gasteiger partial charge in [-0.25, -0.2) is 0 Å². The van der Waals surface area contributed by atoms with Crippen LogP contribution in [-0.4, -0.2) is 18.2 Å². The zero-order valence-corrected chi connectivity index (χ0v) is 11.8. The van der Waals surface area contributed by atoms with E-state index in [1.54, 1.807) is 18.3 Å². The molecule has 0 unspecified atom stereocenters. The maximum atomic E-state index is 10.2. The summed E-state index contributed by atoms with van der Waals surface area (Å²) in [6.45, 7) is 6.38. The van der Waals surface area contributed by atoms with Crippen molar-refractivity contribution in [3.05, 3.63) is 34.7 Å². The summed E-state index contributed by atoms with van der Waals surface area (Å²) in [6.07, 6.45) is 9.28. The standard InChI is InChI=1S/C10H22O.C5H5NO/c1-3-5-7-9-11-10-8-6-4-2;7-5-3-1-2-4-6-5/h3-10H2,1-2H3;1-4H,(H,6,7). The average molecular weight is 253 g/mol. The van der Waals surface area contributed by atoms with Gasteiger partial charge in [0.25, 0.3) is 0 Å². The predicted molar refractivity (Wildman–Crippen MR) is 76.9 cm³/mol. The van der Waals surface area contributed by atoms with Crippen molar-refractivity contribution in [3.8, 4) is 0 Å². The Morgan fingerprint density at radius 3 is 1.94 bits per heavy atom. The maximum Gasteiger partial charge on any atom is 0.247 e. The molecule has 0 radical (unpaired) electrons. The molecule has 0 aromatic carbocycles. The van der Waals surface area contributed by atoms with Gasteiger partial charge in [-0.15, -0.1) is 0 Å². The Kier molecular flexibility index (Phi) is 13.1. The second-order valence-corrected chi connectivity index (χ2v) is 4.25. The minimum Gasteiger partial charge on any atom is -0.381 e. The Balaban J connectivity index is 0.000000351. The lowest BCUT2D eigenvalue weighted by atomic mass is 10.2. The van der Waals surface area contributed by atoms with E-state index in [0.29, 0.717) is 0 Å². The summed E-state index contributed by atoms with van der Waals surface area (Å²) in [4.78, 5) is 12.7. The molecular formula is C15H27NO2. The summed E-state index contributed by atoms with van der Waals surface area (Å²) in [7, 11) is 0. The van der Waals surface area contributed by atoms with Crippen LogP contribution in [0, 0.1) is 0 Å². The van der Waals surface area contributed by atoms with Gasteiger partial charge in [0.1, 0.15) is 0 Å². The lowest BCUT2D eigenvalue weighted by Gasteiger charge is -2.01. The SMILES string of the molecule is CCCCCOCCCCC.O=c1cccc[nH]1. The van der Waals surface area contributed by atoms with Crippen LogP contribution in [0.1, 0.15) is 52.4 Å². The van der Waals surface area contributed by atoms with E-state index in [9.17, 15) is 4.79 Å². The van der Waals surface area contributed by atoms with Gasteiger partial charge in [0.15, 0.2) is 0 Å². The van der Waals surface area contributed by atoms with Crippen LogP contribution >= 0.6 is 0 Å². The Labute approximate surface area is 111 Å². The molecule has 1 aromatic heterocycles. The maximum absolute atomic E-state index is 10.2. The second-order valence-electron chi connectivity index (χ2n) is 4.25. The third-order valence-electron chi connectivity index (χ3n) is 2.46. The molecule has 104 valence electrons. The minimum absolute atomic E-state index is 0.0532. The highest BCUT2D eigenvalue weighted by molar-refractivity contribution is 4.89. The quantitative estimate of drug-likeness (QED) is 0.717. The molecular weight excluding hydrogens is 226 g/mol. The number of unbranched alkanes of at least 4 members (excludes halogenated alkanes) is 4. The van der Waals surface area contributed by atoms with E-state index in [2.05, 4.69) is 18.8 Å². The smallest absolute Gasteiger partial charge is 0.247 e. The second kappa shape index (κ2) is 14.0. The first-order chi connectivity index (χ1) is 8.81. The van der Waals surface area contributed by atoms with Crippen LogP contribution in [-0.2, 0) is 4.74 Å². The number of rotatable bonds is 8. The summed E-state index contributed by atoms with van der Waals surface area (Å²) in [5.41, 5.74) is -0.0532. The molecule has 1 rings (SSSR count). The lowest BCUT2D eigenvalue weighted by Crippen LogP contribution is -1.98. The Bertz CT molecular complexity index is 284. The monoisotopic (exact) mass is 253 g/mol. The van der Waals surface area contributed by atoms with Gasteiger partial charge in [-0.3, -0.25) is 4.79 Å². The first-order valence-electron chi connectivity index (χ1n) is 7.02. The van der Waals surface area contributed by atoms with E-state index in [4.69, 9.17) is 4.74 Å². The van der Waals surface area contributed by atoms with Gasteiger partial charge >= 0.3 is 0 Å². The molecule has 0 aliphatic rings. The number of pyridine rings is 1. The van der Waals surface area contributed by atoms with E-state index >= 15 is 0 Å². The molecule has 3 heteroatoms. The van der Waals surface area contributed by atoms with Crippen LogP contribution in [0.15, 0.2) is 29.2 Å². The summed E-state index contributed by atoms with van der Waals surface area (Å²) in [5.74, 6) is 0. The fourth-order valence-electron chi connectivity index (χ4n) is 1.39. The Hall–Kier alpha value is -1.09. The van der Waals surface area contributed by atoms with Crippen molar-refractivity contribution in [1.29, 1.82) is 0 Å². The lowest BCUT2D eigenvalue weighted by molar-refractivity contribution is 0.126. The van der Waals surface area contributed by atoms with Gasteiger partial charge in [-0.05, 0) is 18.9 Å². The topological polar surface area (TPSA) is 42.1 Å². The van der Waals surface area contributed by atoms with Crippen LogP contribution in [0.2, 0.25) is 0 Å². The third-order valence-corrected chi connectivity index (χ3v) is 2.46. The zero-order valence-electron chi connectivity index (χ0n) is 11.8. The fraction of sp³-hybridized carbons (Fsp3) is 0.667. The molecule has 0 aliphatic carbocycles. The molecule has 0 aliphatic heterocycles. The summed E-state index contributed by atoms with van der Waals surface area (Å²) < 4.78 is 5.44. The van der Waals surface area contributed by atoms with Crippen LogP contribution < -0.4 is 5.56 Å². The molecule has 1 heterocycles. The summed E-state index contributed by atoms with van der Waals surface area (Å²) >= 11 is 0. The Morgan fingerprint density at radius 1 is 1.00 bits per heavy atom. The van der Waals surface area contributed by atoms with E-state index in [0.717, 1.165) is 13.2 Å². The molecule has 1 N–H and O–H groups in total. The number of aromatic amines is 1. The minimum atomic E-state index is -0.0532. The summed E-state index contributed by atoms with van der Waals surface area (Å²) in [5, 5.41) is 0. The number of hydrogen-bond donors (Lipinski definition) is 1. The summed E-state index contributed by atoms with van der Waals surface area (Å²) in [6, 6.07) is 4.93. The Morgan fingerprint density at radius 2 is 1.61 bits per heavy atom. The number of hydrogen-bond acceptors (Lipinski definition) is 2. The van der Waals surface area contributed by atoms with Crippen molar-refractivity contribution in [3.63, 3.8) is 0 Å². The van der Waals surface area contributed by atoms with Crippen LogP contribution in [0.3, 0.4) is 0 Å². The van der Waals surface area contributed by atoms with Gasteiger partial charge in [0.05, 0.1) is 0 Å². The number of aromatic nitrogens is 1. The van der Waals surface area contributed by atoms with E-state index < -0.39 is 0 Å². The van der Waals surface area contributed by atoms with Crippen molar-refractivity contribution in [2.75, 3.05) is 13.2 Å². The molecule has 0 saturated heterocycles. The van der Waals surface area contributed by atoms with Crippen molar-refractivity contribution >= 4 is 0 Å².